The van der Waals surface area contributed by atoms with E-state index in [0.29, 0.717) is 39.3 Å². The first-order valence-corrected chi connectivity index (χ1v) is 8.69. The topological polar surface area (TPSA) is 56.4 Å². The van der Waals surface area contributed by atoms with Crippen molar-refractivity contribution in [3.05, 3.63) is 57.2 Å². The van der Waals surface area contributed by atoms with E-state index in [1.807, 2.05) is 30.3 Å². The molecule has 0 spiro atoms. The van der Waals surface area contributed by atoms with Gasteiger partial charge in [0.2, 0.25) is 5.88 Å². The summed E-state index contributed by atoms with van der Waals surface area (Å²) in [7, 11) is 3.19. The Hall–Kier alpha value is -2.57. The van der Waals surface area contributed by atoms with Gasteiger partial charge in [0, 0.05) is 22.6 Å². The number of hydrogen-bond acceptors (Lipinski definition) is 5. The molecular weight excluding hydrogens is 372 g/mol. The summed E-state index contributed by atoms with van der Waals surface area (Å²) in [5.41, 5.74) is 2.66. The number of rotatable bonds is 3. The van der Waals surface area contributed by atoms with Gasteiger partial charge in [0.25, 0.3) is 0 Å². The third-order valence-electron chi connectivity index (χ3n) is 4.24. The molecule has 2 aromatic carbocycles. The Morgan fingerprint density at radius 1 is 1.12 bits per heavy atom. The van der Waals surface area contributed by atoms with Gasteiger partial charge in [0.15, 0.2) is 11.5 Å². The van der Waals surface area contributed by atoms with E-state index in [1.54, 1.807) is 20.3 Å². The Bertz CT molecular complexity index is 1070. The van der Waals surface area contributed by atoms with E-state index < -0.39 is 0 Å². The fraction of sp³-hybridized carbons (Fsp3) is 0.158. The lowest BCUT2D eigenvalue weighted by atomic mass is 10.0. The summed E-state index contributed by atoms with van der Waals surface area (Å²) in [4.78, 5) is 7.77. The fourth-order valence-corrected chi connectivity index (χ4v) is 3.38. The lowest BCUT2D eigenvalue weighted by Crippen LogP contribution is -2.08. The molecule has 0 bridgehead atoms. The van der Waals surface area contributed by atoms with Crippen molar-refractivity contribution in [2.24, 2.45) is 0 Å². The van der Waals surface area contributed by atoms with Gasteiger partial charge in [-0.15, -0.1) is 0 Å². The molecular formula is C19H15ClN2O3S. The number of halogens is 1. The van der Waals surface area contributed by atoms with Gasteiger partial charge >= 0.3 is 0 Å². The standard InChI is InChI=1S/C19H15ClN2O3S/c1-23-15-5-3-10(9-16(15)24-2)17-21-18-13(19(26)22-17)8-11-7-12(20)4-6-14(11)25-18/h3-7,9H,8H2,1-2H3,(H,21,22,26). The number of hydrogen-bond donors (Lipinski definition) is 1. The summed E-state index contributed by atoms with van der Waals surface area (Å²) in [6, 6.07) is 11.1. The Morgan fingerprint density at radius 3 is 2.69 bits per heavy atom. The minimum absolute atomic E-state index is 0.495. The normalized spacial score (nSPS) is 12.0. The van der Waals surface area contributed by atoms with E-state index in [2.05, 4.69) is 9.97 Å². The number of benzene rings is 2. The second-order valence-corrected chi connectivity index (χ2v) is 6.62. The molecule has 132 valence electrons. The molecule has 1 N–H and O–H groups in total. The second-order valence-electron chi connectivity index (χ2n) is 5.80. The van der Waals surface area contributed by atoms with Gasteiger partial charge in [-0.2, -0.15) is 0 Å². The maximum Gasteiger partial charge on any atom is 0.205 e. The molecule has 4 rings (SSSR count). The minimum Gasteiger partial charge on any atom is -0.493 e. The number of H-pyrrole nitrogens is 1. The molecule has 5 nitrogen and oxygen atoms in total. The summed E-state index contributed by atoms with van der Waals surface area (Å²) in [5, 5.41) is 0.667. The SMILES string of the molecule is COc1ccc(-c2nc(=S)c3c([nH]2)Oc2ccc(Cl)cc2C3)cc1OC. The summed E-state index contributed by atoms with van der Waals surface area (Å²) < 4.78 is 17.1. The van der Waals surface area contributed by atoms with E-state index in [9.17, 15) is 0 Å². The molecule has 0 unspecified atom stereocenters. The molecule has 0 aliphatic carbocycles. The first-order chi connectivity index (χ1) is 12.6. The second kappa shape index (κ2) is 6.63. The zero-order valence-electron chi connectivity index (χ0n) is 14.1. The van der Waals surface area contributed by atoms with Crippen molar-refractivity contribution in [1.29, 1.82) is 0 Å². The van der Waals surface area contributed by atoms with Crippen LogP contribution in [0.15, 0.2) is 36.4 Å². The van der Waals surface area contributed by atoms with Crippen LogP contribution >= 0.6 is 23.8 Å². The molecule has 0 saturated heterocycles. The molecule has 0 radical (unpaired) electrons. The van der Waals surface area contributed by atoms with E-state index in [1.165, 1.54) is 0 Å². The molecule has 1 aliphatic heterocycles. The van der Waals surface area contributed by atoms with E-state index in [0.717, 1.165) is 22.4 Å². The van der Waals surface area contributed by atoms with Gasteiger partial charge in [-0.3, -0.25) is 0 Å². The summed E-state index contributed by atoms with van der Waals surface area (Å²) >= 11 is 11.6. The summed E-state index contributed by atoms with van der Waals surface area (Å²) in [6.07, 6.45) is 0.625. The quantitative estimate of drug-likeness (QED) is 0.492. The van der Waals surface area contributed by atoms with Gasteiger partial charge in [-0.1, -0.05) is 23.8 Å². The van der Waals surface area contributed by atoms with Crippen molar-refractivity contribution in [3.63, 3.8) is 0 Å². The van der Waals surface area contributed by atoms with Crippen LogP contribution in [-0.4, -0.2) is 24.2 Å². The molecule has 7 heteroatoms. The van der Waals surface area contributed by atoms with Crippen molar-refractivity contribution in [2.45, 2.75) is 6.42 Å². The zero-order valence-corrected chi connectivity index (χ0v) is 15.7. The van der Waals surface area contributed by atoms with E-state index in [-0.39, 0.29) is 0 Å². The average molecular weight is 387 g/mol. The van der Waals surface area contributed by atoms with Crippen LogP contribution in [0.3, 0.4) is 0 Å². The number of nitrogens with zero attached hydrogens (tertiary/aromatic N) is 1. The van der Waals surface area contributed by atoms with Gasteiger partial charge in [-0.05, 0) is 36.4 Å². The van der Waals surface area contributed by atoms with Crippen LogP contribution in [0.2, 0.25) is 5.02 Å². The predicted molar refractivity (Wildman–Crippen MR) is 102 cm³/mol. The monoisotopic (exact) mass is 386 g/mol. The molecule has 0 saturated carbocycles. The maximum atomic E-state index is 6.07. The fourth-order valence-electron chi connectivity index (χ4n) is 2.93. The average Bonchev–Trinajstić information content (AvgIpc) is 2.66. The Balaban J connectivity index is 1.78. The van der Waals surface area contributed by atoms with Crippen LogP contribution in [0.25, 0.3) is 11.4 Å². The van der Waals surface area contributed by atoms with E-state index >= 15 is 0 Å². The van der Waals surface area contributed by atoms with Crippen LogP contribution in [0, 0.1) is 4.64 Å². The number of aromatic nitrogens is 2. The van der Waals surface area contributed by atoms with Gasteiger partial charge in [0.05, 0.1) is 19.8 Å². The molecule has 1 aliphatic rings. The lowest BCUT2D eigenvalue weighted by Gasteiger charge is -2.20. The highest BCUT2D eigenvalue weighted by atomic mass is 35.5. The zero-order chi connectivity index (χ0) is 18.3. The van der Waals surface area contributed by atoms with Crippen LogP contribution in [0.4, 0.5) is 0 Å². The third kappa shape index (κ3) is 2.91. The molecule has 0 fully saturated rings. The highest BCUT2D eigenvalue weighted by molar-refractivity contribution is 7.71. The van der Waals surface area contributed by atoms with E-state index in [4.69, 9.17) is 38.0 Å². The Kier molecular flexibility index (Phi) is 4.30. The Morgan fingerprint density at radius 2 is 1.92 bits per heavy atom. The van der Waals surface area contributed by atoms with Crippen LogP contribution in [-0.2, 0) is 6.42 Å². The highest BCUT2D eigenvalue weighted by Crippen LogP contribution is 2.38. The van der Waals surface area contributed by atoms with Gasteiger partial charge < -0.3 is 19.2 Å². The van der Waals surface area contributed by atoms with Crippen LogP contribution in [0.1, 0.15) is 11.1 Å². The van der Waals surface area contributed by atoms with Crippen molar-refractivity contribution in [3.8, 4) is 34.5 Å². The molecule has 0 amide bonds. The minimum atomic E-state index is 0.495. The molecule has 3 aromatic rings. The number of methoxy groups -OCH3 is 2. The number of ether oxygens (including phenoxy) is 3. The smallest absolute Gasteiger partial charge is 0.205 e. The number of nitrogens with one attached hydrogen (secondary N) is 1. The summed E-state index contributed by atoms with van der Waals surface area (Å²) in [6.45, 7) is 0. The van der Waals surface area contributed by atoms with Crippen molar-refractivity contribution in [2.75, 3.05) is 14.2 Å². The lowest BCUT2D eigenvalue weighted by molar-refractivity contribution is 0.355. The Labute approximate surface area is 160 Å². The molecule has 1 aromatic heterocycles. The largest absolute Gasteiger partial charge is 0.493 e. The maximum absolute atomic E-state index is 6.07. The third-order valence-corrected chi connectivity index (χ3v) is 4.81. The van der Waals surface area contributed by atoms with Crippen LogP contribution in [0.5, 0.6) is 23.1 Å². The van der Waals surface area contributed by atoms with Crippen molar-refractivity contribution < 1.29 is 14.2 Å². The highest BCUT2D eigenvalue weighted by Gasteiger charge is 2.21. The van der Waals surface area contributed by atoms with Gasteiger partial charge in [0.1, 0.15) is 16.2 Å². The number of fused-ring (bicyclic) bond motifs is 2. The van der Waals surface area contributed by atoms with Crippen molar-refractivity contribution >= 4 is 23.8 Å². The first-order valence-electron chi connectivity index (χ1n) is 7.91. The van der Waals surface area contributed by atoms with Crippen LogP contribution < -0.4 is 14.2 Å². The van der Waals surface area contributed by atoms with Gasteiger partial charge in [-0.25, -0.2) is 4.98 Å². The number of aromatic amines is 1. The predicted octanol–water partition coefficient (Wildman–Crippen LogP) is 5.17. The summed E-state index contributed by atoms with van der Waals surface area (Å²) in [5.74, 6) is 3.23. The molecule has 26 heavy (non-hydrogen) atoms. The first kappa shape index (κ1) is 16.9. The molecule has 0 atom stereocenters. The molecule has 2 heterocycles. The van der Waals surface area contributed by atoms with Crippen molar-refractivity contribution in [1.82, 2.24) is 9.97 Å².